The summed E-state index contributed by atoms with van der Waals surface area (Å²) in [6.45, 7) is 5.98. The quantitative estimate of drug-likeness (QED) is 0.511. The van der Waals surface area contributed by atoms with Crippen LogP contribution in [-0.4, -0.2) is 5.88 Å². The SMILES string of the molecule is C=CC(C)(CCl)CCc1cccs1. The number of halogens is 1. The second-order valence-electron chi connectivity index (χ2n) is 3.57. The van der Waals surface area contributed by atoms with Crippen LogP contribution in [0.4, 0.5) is 0 Å². The van der Waals surface area contributed by atoms with Crippen LogP contribution >= 0.6 is 22.9 Å². The molecule has 1 atom stereocenters. The van der Waals surface area contributed by atoms with Gasteiger partial charge in [0.15, 0.2) is 0 Å². The topological polar surface area (TPSA) is 0 Å². The highest BCUT2D eigenvalue weighted by atomic mass is 35.5. The third-order valence-electron chi connectivity index (χ3n) is 2.32. The molecular weight excluding hydrogens is 200 g/mol. The fourth-order valence-electron chi connectivity index (χ4n) is 1.09. The lowest BCUT2D eigenvalue weighted by Gasteiger charge is -2.21. The lowest BCUT2D eigenvalue weighted by atomic mass is 9.87. The molecular formula is C11H15ClS. The zero-order valence-corrected chi connectivity index (χ0v) is 9.50. The minimum absolute atomic E-state index is 0.0888. The van der Waals surface area contributed by atoms with Gasteiger partial charge in [-0.05, 0) is 29.7 Å². The summed E-state index contributed by atoms with van der Waals surface area (Å²) >= 11 is 7.69. The second kappa shape index (κ2) is 4.83. The van der Waals surface area contributed by atoms with Crippen molar-refractivity contribution in [3.05, 3.63) is 35.0 Å². The molecule has 0 aliphatic rings. The van der Waals surface area contributed by atoms with Crippen LogP contribution in [0.5, 0.6) is 0 Å². The van der Waals surface area contributed by atoms with Crippen LogP contribution in [-0.2, 0) is 6.42 Å². The van der Waals surface area contributed by atoms with Crippen molar-refractivity contribution in [2.45, 2.75) is 19.8 Å². The Kier molecular flexibility index (Phi) is 4.01. The fraction of sp³-hybridized carbons (Fsp3) is 0.455. The molecule has 0 saturated carbocycles. The number of rotatable bonds is 5. The molecule has 0 aliphatic heterocycles. The number of alkyl halides is 1. The summed E-state index contributed by atoms with van der Waals surface area (Å²) in [5.74, 6) is 0.655. The summed E-state index contributed by atoms with van der Waals surface area (Å²) in [5, 5.41) is 2.11. The molecule has 0 spiro atoms. The van der Waals surface area contributed by atoms with Gasteiger partial charge in [0.05, 0.1) is 0 Å². The van der Waals surface area contributed by atoms with Gasteiger partial charge in [-0.1, -0.05) is 19.1 Å². The zero-order chi connectivity index (χ0) is 9.73. The molecule has 0 radical (unpaired) electrons. The summed E-state index contributed by atoms with van der Waals surface area (Å²) in [4.78, 5) is 1.43. The molecule has 0 fully saturated rings. The Bertz CT molecular complexity index is 253. The average Bonchev–Trinajstić information content (AvgIpc) is 2.67. The van der Waals surface area contributed by atoms with Crippen LogP contribution < -0.4 is 0 Å². The fourth-order valence-corrected chi connectivity index (χ4v) is 2.04. The Morgan fingerprint density at radius 3 is 2.92 bits per heavy atom. The number of hydrogen-bond acceptors (Lipinski definition) is 1. The van der Waals surface area contributed by atoms with Gasteiger partial charge in [-0.15, -0.1) is 29.5 Å². The molecule has 1 unspecified atom stereocenters. The molecule has 1 aromatic rings. The van der Waals surface area contributed by atoms with Gasteiger partial charge >= 0.3 is 0 Å². The predicted molar refractivity (Wildman–Crippen MR) is 61.7 cm³/mol. The predicted octanol–water partition coefficient (Wildman–Crippen LogP) is 4.11. The largest absolute Gasteiger partial charge is 0.149 e. The molecule has 2 heteroatoms. The molecule has 0 saturated heterocycles. The number of hydrogen-bond donors (Lipinski definition) is 0. The van der Waals surface area contributed by atoms with Crippen molar-refractivity contribution in [3.63, 3.8) is 0 Å². The lowest BCUT2D eigenvalue weighted by molar-refractivity contribution is 0.447. The number of aryl methyl sites for hydroxylation is 1. The summed E-state index contributed by atoms with van der Waals surface area (Å²) < 4.78 is 0. The Hall–Kier alpha value is -0.270. The van der Waals surface area contributed by atoms with E-state index in [0.717, 1.165) is 12.8 Å². The standard InChI is InChI=1S/C11H15ClS/c1-3-11(2,9-12)7-6-10-5-4-8-13-10/h3-5,8H,1,6-7,9H2,2H3. The van der Waals surface area contributed by atoms with Crippen LogP contribution in [0.25, 0.3) is 0 Å². The van der Waals surface area contributed by atoms with Gasteiger partial charge in [0.1, 0.15) is 0 Å². The van der Waals surface area contributed by atoms with Gasteiger partial charge in [-0.2, -0.15) is 0 Å². The van der Waals surface area contributed by atoms with E-state index in [4.69, 9.17) is 11.6 Å². The Morgan fingerprint density at radius 1 is 1.69 bits per heavy atom. The van der Waals surface area contributed by atoms with Crippen molar-refractivity contribution < 1.29 is 0 Å². The summed E-state index contributed by atoms with van der Waals surface area (Å²) in [7, 11) is 0. The first kappa shape index (κ1) is 10.8. The minimum atomic E-state index is 0.0888. The van der Waals surface area contributed by atoms with Crippen molar-refractivity contribution in [1.29, 1.82) is 0 Å². The van der Waals surface area contributed by atoms with E-state index in [-0.39, 0.29) is 5.41 Å². The average molecular weight is 215 g/mol. The van der Waals surface area contributed by atoms with Crippen molar-refractivity contribution in [2.24, 2.45) is 5.41 Å². The van der Waals surface area contributed by atoms with Gasteiger partial charge in [-0.3, -0.25) is 0 Å². The molecule has 1 rings (SSSR count). The van der Waals surface area contributed by atoms with Crippen LogP contribution in [0.15, 0.2) is 30.2 Å². The van der Waals surface area contributed by atoms with E-state index in [2.05, 4.69) is 31.0 Å². The minimum Gasteiger partial charge on any atom is -0.149 e. The maximum atomic E-state index is 5.88. The number of thiophene rings is 1. The highest BCUT2D eigenvalue weighted by molar-refractivity contribution is 7.09. The molecule has 0 bridgehead atoms. The van der Waals surface area contributed by atoms with Gasteiger partial charge < -0.3 is 0 Å². The highest BCUT2D eigenvalue weighted by Gasteiger charge is 2.18. The molecule has 0 amide bonds. The van der Waals surface area contributed by atoms with Crippen LogP contribution in [0, 0.1) is 5.41 Å². The highest BCUT2D eigenvalue weighted by Crippen LogP contribution is 2.27. The van der Waals surface area contributed by atoms with Gasteiger partial charge in [-0.25, -0.2) is 0 Å². The zero-order valence-electron chi connectivity index (χ0n) is 7.92. The van der Waals surface area contributed by atoms with Crippen molar-refractivity contribution in [2.75, 3.05) is 5.88 Å². The van der Waals surface area contributed by atoms with E-state index in [0.29, 0.717) is 5.88 Å². The Morgan fingerprint density at radius 2 is 2.46 bits per heavy atom. The van der Waals surface area contributed by atoms with E-state index in [1.807, 2.05) is 17.4 Å². The monoisotopic (exact) mass is 214 g/mol. The van der Waals surface area contributed by atoms with Crippen LogP contribution in [0.3, 0.4) is 0 Å². The summed E-state index contributed by atoms with van der Waals surface area (Å²) in [6, 6.07) is 4.26. The lowest BCUT2D eigenvalue weighted by Crippen LogP contribution is -2.15. The first-order valence-corrected chi connectivity index (χ1v) is 5.83. The maximum Gasteiger partial charge on any atom is 0.0311 e. The van der Waals surface area contributed by atoms with E-state index < -0.39 is 0 Å². The van der Waals surface area contributed by atoms with Gasteiger partial charge in [0.2, 0.25) is 0 Å². The molecule has 0 aromatic carbocycles. The van der Waals surface area contributed by atoms with E-state index in [1.165, 1.54) is 4.88 Å². The molecule has 0 nitrogen and oxygen atoms in total. The van der Waals surface area contributed by atoms with Crippen molar-refractivity contribution >= 4 is 22.9 Å². The first-order valence-electron chi connectivity index (χ1n) is 4.42. The van der Waals surface area contributed by atoms with Crippen LogP contribution in [0.1, 0.15) is 18.2 Å². The molecule has 0 aliphatic carbocycles. The first-order chi connectivity index (χ1) is 6.20. The van der Waals surface area contributed by atoms with Gasteiger partial charge in [0.25, 0.3) is 0 Å². The maximum absolute atomic E-state index is 5.88. The second-order valence-corrected chi connectivity index (χ2v) is 4.87. The molecule has 13 heavy (non-hydrogen) atoms. The van der Waals surface area contributed by atoms with Crippen molar-refractivity contribution in [1.82, 2.24) is 0 Å². The molecule has 1 aromatic heterocycles. The Balaban J connectivity index is 2.45. The third kappa shape index (κ3) is 3.17. The summed E-state index contributed by atoms with van der Waals surface area (Å²) in [6.07, 6.45) is 4.15. The van der Waals surface area contributed by atoms with Crippen LogP contribution in [0.2, 0.25) is 0 Å². The van der Waals surface area contributed by atoms with Crippen molar-refractivity contribution in [3.8, 4) is 0 Å². The molecule has 1 heterocycles. The number of allylic oxidation sites excluding steroid dienone is 1. The van der Waals surface area contributed by atoms with E-state index in [1.54, 1.807) is 0 Å². The van der Waals surface area contributed by atoms with E-state index in [9.17, 15) is 0 Å². The van der Waals surface area contributed by atoms with E-state index >= 15 is 0 Å². The normalized spacial score (nSPS) is 15.2. The third-order valence-corrected chi connectivity index (χ3v) is 3.87. The Labute approximate surface area is 89.2 Å². The molecule has 0 N–H and O–H groups in total. The molecule has 72 valence electrons. The van der Waals surface area contributed by atoms with Gasteiger partial charge in [0, 0.05) is 10.8 Å². The smallest absolute Gasteiger partial charge is 0.0311 e. The summed E-state index contributed by atoms with van der Waals surface area (Å²) in [5.41, 5.74) is 0.0888.